The van der Waals surface area contributed by atoms with Crippen molar-refractivity contribution in [2.45, 2.75) is 37.8 Å². The van der Waals surface area contributed by atoms with Crippen LogP contribution in [0, 0.1) is 5.82 Å². The van der Waals surface area contributed by atoms with E-state index in [1.54, 1.807) is 6.07 Å². The topological polar surface area (TPSA) is 69.4 Å². The summed E-state index contributed by atoms with van der Waals surface area (Å²) >= 11 is 0. The second kappa shape index (κ2) is 6.79. The van der Waals surface area contributed by atoms with Gasteiger partial charge >= 0.3 is 0 Å². The van der Waals surface area contributed by atoms with Crippen molar-refractivity contribution in [3.05, 3.63) is 23.6 Å². The summed E-state index contributed by atoms with van der Waals surface area (Å²) in [5.74, 6) is 5.07. The van der Waals surface area contributed by atoms with Crippen LogP contribution in [0.3, 0.4) is 0 Å². The predicted molar refractivity (Wildman–Crippen MR) is 69.0 cm³/mol. The Morgan fingerprint density at radius 3 is 3.11 bits per heavy atom. The number of nitrogens with one attached hydrogen (secondary N) is 1. The Bertz CT molecular complexity index is 411. The van der Waals surface area contributed by atoms with E-state index in [1.165, 1.54) is 13.3 Å². The number of aromatic nitrogens is 1. The summed E-state index contributed by atoms with van der Waals surface area (Å²) in [6.07, 6.45) is 5.50. The summed E-state index contributed by atoms with van der Waals surface area (Å²) in [5.41, 5.74) is 3.12. The van der Waals surface area contributed by atoms with Crippen LogP contribution >= 0.6 is 0 Å². The maximum Gasteiger partial charge on any atom is 0.250 e. The monoisotopic (exact) mass is 269 g/mol. The molecule has 0 aliphatic carbocycles. The van der Waals surface area contributed by atoms with Crippen molar-refractivity contribution >= 4 is 0 Å². The molecule has 1 aliphatic rings. The Labute approximate surface area is 112 Å². The molecule has 6 heteroatoms. The average Bonchev–Trinajstić information content (AvgIpc) is 2.46. The molecule has 2 atom stereocenters. The van der Waals surface area contributed by atoms with Crippen molar-refractivity contribution in [1.29, 1.82) is 0 Å². The highest BCUT2D eigenvalue weighted by Gasteiger charge is 2.23. The van der Waals surface area contributed by atoms with Crippen molar-refractivity contribution < 1.29 is 13.9 Å². The Morgan fingerprint density at radius 1 is 1.63 bits per heavy atom. The molecular formula is C13H20FN3O2. The Hall–Kier alpha value is -1.24. The number of hydrogen-bond donors (Lipinski definition) is 2. The number of hydrogen-bond acceptors (Lipinski definition) is 5. The third-order valence-electron chi connectivity index (χ3n) is 3.43. The molecule has 1 aliphatic heterocycles. The highest BCUT2D eigenvalue weighted by atomic mass is 19.1. The molecule has 19 heavy (non-hydrogen) atoms. The van der Waals surface area contributed by atoms with Crippen LogP contribution in [-0.4, -0.2) is 24.8 Å². The van der Waals surface area contributed by atoms with Gasteiger partial charge in [0.15, 0.2) is 5.82 Å². The van der Waals surface area contributed by atoms with Crippen LogP contribution in [0.1, 0.15) is 37.3 Å². The first-order chi connectivity index (χ1) is 9.26. The van der Waals surface area contributed by atoms with E-state index in [2.05, 4.69) is 10.4 Å². The molecule has 106 valence electrons. The van der Waals surface area contributed by atoms with Gasteiger partial charge in [-0.25, -0.2) is 9.37 Å². The molecule has 1 fully saturated rings. The van der Waals surface area contributed by atoms with Crippen LogP contribution < -0.4 is 16.0 Å². The highest BCUT2D eigenvalue weighted by Crippen LogP contribution is 2.28. The van der Waals surface area contributed by atoms with E-state index in [-0.39, 0.29) is 18.0 Å². The number of halogens is 1. The number of hydrazine groups is 1. The largest absolute Gasteiger partial charge is 0.479 e. The smallest absolute Gasteiger partial charge is 0.250 e. The zero-order chi connectivity index (χ0) is 13.7. The lowest BCUT2D eigenvalue weighted by molar-refractivity contribution is 0.00479. The number of pyridine rings is 1. The lowest BCUT2D eigenvalue weighted by Gasteiger charge is -2.27. The molecule has 1 saturated heterocycles. The third kappa shape index (κ3) is 3.40. The molecule has 0 radical (unpaired) electrons. The van der Waals surface area contributed by atoms with Crippen LogP contribution in [0.15, 0.2) is 12.3 Å². The molecule has 0 saturated carbocycles. The van der Waals surface area contributed by atoms with Gasteiger partial charge in [0, 0.05) is 18.4 Å². The van der Waals surface area contributed by atoms with Gasteiger partial charge in [-0.1, -0.05) is 0 Å². The van der Waals surface area contributed by atoms with Gasteiger partial charge < -0.3 is 9.47 Å². The summed E-state index contributed by atoms with van der Waals surface area (Å²) in [4.78, 5) is 3.82. The molecule has 1 aromatic rings. The SMILES string of the molecule is COc1nccc(C(CC2CCCCO2)NN)c1F. The zero-order valence-corrected chi connectivity index (χ0v) is 11.1. The zero-order valence-electron chi connectivity index (χ0n) is 11.1. The highest BCUT2D eigenvalue weighted by molar-refractivity contribution is 5.26. The minimum Gasteiger partial charge on any atom is -0.479 e. The lowest BCUT2D eigenvalue weighted by Crippen LogP contribution is -2.33. The van der Waals surface area contributed by atoms with Crippen molar-refractivity contribution in [3.63, 3.8) is 0 Å². The first kappa shape index (κ1) is 14.2. The Balaban J connectivity index is 2.12. The van der Waals surface area contributed by atoms with E-state index in [0.29, 0.717) is 12.0 Å². The van der Waals surface area contributed by atoms with Gasteiger partial charge in [-0.15, -0.1) is 0 Å². The third-order valence-corrected chi connectivity index (χ3v) is 3.43. The van der Waals surface area contributed by atoms with Crippen LogP contribution in [0.4, 0.5) is 4.39 Å². The van der Waals surface area contributed by atoms with E-state index in [1.807, 2.05) is 0 Å². The molecular weight excluding hydrogens is 249 g/mol. The van der Waals surface area contributed by atoms with E-state index < -0.39 is 5.82 Å². The Morgan fingerprint density at radius 2 is 2.47 bits per heavy atom. The normalized spacial score (nSPS) is 21.1. The van der Waals surface area contributed by atoms with Crippen molar-refractivity contribution in [2.75, 3.05) is 13.7 Å². The molecule has 2 rings (SSSR count). The molecule has 5 nitrogen and oxygen atoms in total. The number of nitrogens with two attached hydrogens (primary N) is 1. The van der Waals surface area contributed by atoms with E-state index in [9.17, 15) is 4.39 Å². The maximum absolute atomic E-state index is 14.1. The lowest BCUT2D eigenvalue weighted by atomic mass is 9.97. The molecule has 2 unspecified atom stereocenters. The predicted octanol–water partition coefficient (Wildman–Crippen LogP) is 1.69. The summed E-state index contributed by atoms with van der Waals surface area (Å²) in [7, 11) is 1.39. The molecule has 3 N–H and O–H groups in total. The van der Waals surface area contributed by atoms with Crippen LogP contribution in [0.5, 0.6) is 5.88 Å². The van der Waals surface area contributed by atoms with Crippen molar-refractivity contribution in [3.8, 4) is 5.88 Å². The number of ether oxygens (including phenoxy) is 2. The summed E-state index contributed by atoms with van der Waals surface area (Å²) in [6.45, 7) is 0.768. The number of rotatable bonds is 5. The van der Waals surface area contributed by atoms with Crippen LogP contribution in [0.25, 0.3) is 0 Å². The maximum atomic E-state index is 14.1. The summed E-state index contributed by atoms with van der Waals surface area (Å²) in [6, 6.07) is 1.31. The first-order valence-electron chi connectivity index (χ1n) is 6.52. The van der Waals surface area contributed by atoms with E-state index in [0.717, 1.165) is 25.9 Å². The van der Waals surface area contributed by atoms with Gasteiger partial charge in [-0.05, 0) is 31.7 Å². The quantitative estimate of drug-likeness (QED) is 0.629. The van der Waals surface area contributed by atoms with Gasteiger partial charge in [0.1, 0.15) is 0 Å². The van der Waals surface area contributed by atoms with Crippen molar-refractivity contribution in [2.24, 2.45) is 5.84 Å². The second-order valence-corrected chi connectivity index (χ2v) is 4.67. The van der Waals surface area contributed by atoms with Gasteiger partial charge in [0.25, 0.3) is 0 Å². The van der Waals surface area contributed by atoms with Gasteiger partial charge in [-0.3, -0.25) is 11.3 Å². The fraction of sp³-hybridized carbons (Fsp3) is 0.615. The molecule has 0 aromatic carbocycles. The Kier molecular flexibility index (Phi) is 5.07. The second-order valence-electron chi connectivity index (χ2n) is 4.67. The van der Waals surface area contributed by atoms with Gasteiger partial charge in [-0.2, -0.15) is 0 Å². The minimum atomic E-state index is -0.469. The summed E-state index contributed by atoms with van der Waals surface area (Å²) < 4.78 is 24.7. The van der Waals surface area contributed by atoms with Crippen LogP contribution in [0.2, 0.25) is 0 Å². The van der Waals surface area contributed by atoms with E-state index >= 15 is 0 Å². The molecule has 2 heterocycles. The first-order valence-corrected chi connectivity index (χ1v) is 6.52. The van der Waals surface area contributed by atoms with Gasteiger partial charge in [0.05, 0.1) is 19.3 Å². The number of nitrogens with zero attached hydrogens (tertiary/aromatic N) is 1. The average molecular weight is 269 g/mol. The van der Waals surface area contributed by atoms with Crippen molar-refractivity contribution in [1.82, 2.24) is 10.4 Å². The van der Waals surface area contributed by atoms with E-state index in [4.69, 9.17) is 15.3 Å². The summed E-state index contributed by atoms with van der Waals surface area (Å²) in [5, 5.41) is 0. The van der Waals surface area contributed by atoms with Crippen LogP contribution in [-0.2, 0) is 4.74 Å². The molecule has 0 bridgehead atoms. The fourth-order valence-electron chi connectivity index (χ4n) is 2.39. The molecule has 1 aromatic heterocycles. The molecule has 0 amide bonds. The molecule has 0 spiro atoms. The fourth-order valence-corrected chi connectivity index (χ4v) is 2.39. The standard InChI is InChI=1S/C13H20FN3O2/c1-18-13-12(14)10(5-6-16-13)11(17-15)8-9-4-2-3-7-19-9/h5-6,9,11,17H,2-4,7-8,15H2,1H3. The minimum absolute atomic E-state index is 0.0117. The van der Waals surface area contributed by atoms with Gasteiger partial charge in [0.2, 0.25) is 5.88 Å². The number of methoxy groups -OCH3 is 1.